The molecule has 1 rings (SSSR count). The molecule has 0 radical (unpaired) electrons. The highest BCUT2D eigenvalue weighted by Gasteiger charge is 2.43. The van der Waals surface area contributed by atoms with Crippen LogP contribution in [0.5, 0.6) is 0 Å². The first-order valence-electron chi connectivity index (χ1n) is 26.1. The lowest BCUT2D eigenvalue weighted by atomic mass is 9.96. The van der Waals surface area contributed by atoms with Crippen LogP contribution in [0.25, 0.3) is 0 Å². The average Bonchev–Trinajstić information content (AvgIpc) is 3.30. The van der Waals surface area contributed by atoms with Crippen LogP contribution in [0.4, 0.5) is 9.59 Å². The number of rotatable bonds is 11. The van der Waals surface area contributed by atoms with Gasteiger partial charge in [-0.05, 0) is 74.5 Å². The smallest absolute Gasteiger partial charge is 0.324 e. The van der Waals surface area contributed by atoms with Crippen molar-refractivity contribution >= 4 is 65.2 Å². The van der Waals surface area contributed by atoms with Gasteiger partial charge in [0.2, 0.25) is 47.3 Å². The number of hydrogen-bond donors (Lipinski definition) is 4. The second-order valence-electron chi connectivity index (χ2n) is 22.5. The summed E-state index contributed by atoms with van der Waals surface area (Å²) in [5.74, 6) is -7.80. The lowest BCUT2D eigenvalue weighted by Crippen LogP contribution is -2.61. The third-order valence-corrected chi connectivity index (χ3v) is 13.5. The number of nitrogens with one attached hydrogen (secondary N) is 4. The second-order valence-corrected chi connectivity index (χ2v) is 22.5. The monoisotopic (exact) mass is 1050 g/mol. The molecule has 22 heteroatoms. The molecule has 0 bridgehead atoms. The van der Waals surface area contributed by atoms with Gasteiger partial charge in [0.15, 0.2) is 0 Å². The van der Waals surface area contributed by atoms with Crippen LogP contribution in [0.3, 0.4) is 0 Å². The minimum atomic E-state index is -1.32. The highest BCUT2D eigenvalue weighted by atomic mass is 16.2. The Hall–Kier alpha value is -5.83. The molecule has 8 atom stereocenters. The van der Waals surface area contributed by atoms with Crippen LogP contribution >= 0.6 is 0 Å². The molecule has 8 unspecified atom stereocenters. The van der Waals surface area contributed by atoms with Crippen LogP contribution < -0.4 is 21.3 Å². The summed E-state index contributed by atoms with van der Waals surface area (Å²) in [6, 6.07) is -11.4. The molecule has 0 aliphatic carbocycles. The summed E-state index contributed by atoms with van der Waals surface area (Å²) in [7, 11) is 9.60. The minimum absolute atomic E-state index is 0.0608. The van der Waals surface area contributed by atoms with Crippen molar-refractivity contribution in [3.8, 4) is 0 Å². The summed E-state index contributed by atoms with van der Waals surface area (Å²) in [5, 5.41) is 10.3. The van der Waals surface area contributed by atoms with Crippen molar-refractivity contribution in [3.05, 3.63) is 0 Å². The van der Waals surface area contributed by atoms with Gasteiger partial charge in [0.05, 0.1) is 6.54 Å². The maximum absolute atomic E-state index is 14.7. The summed E-state index contributed by atoms with van der Waals surface area (Å²) < 4.78 is 0. The van der Waals surface area contributed by atoms with Crippen molar-refractivity contribution in [2.24, 2.45) is 35.5 Å². The van der Waals surface area contributed by atoms with Crippen LogP contribution in [0, 0.1) is 35.5 Å². The molecule has 1 aliphatic rings. The highest BCUT2D eigenvalue weighted by Crippen LogP contribution is 2.23. The standard InChI is InChI=1S/C52H93N11O11/c1-22-35-46(68)57(15)27-40(64)58(16)36(23-28(2)3)45(67)55-41(32(10)11)49(71)59(17)37(24-29(4)5)44(66)53-34(14)43(65)56-52(74)61(19)39(26-31(8)9)47(69)60(18)38(25-30(6)7)48(70)62(20)42(33(12)13)50(72)63(21)51(73)54-35/h28-39,41-42H,22-27H2,1-21H3,(H,53,66)(H,54,73)(H,55,67)(H,56,65,74). The Morgan fingerprint density at radius 1 is 0.446 bits per heavy atom. The van der Waals surface area contributed by atoms with Gasteiger partial charge in [-0.3, -0.25) is 53.4 Å². The number of amides is 13. The van der Waals surface area contributed by atoms with Gasteiger partial charge in [0, 0.05) is 49.3 Å². The number of hydrogen-bond acceptors (Lipinski definition) is 11. The van der Waals surface area contributed by atoms with Crippen molar-refractivity contribution < 1.29 is 52.7 Å². The molecule has 1 fully saturated rings. The predicted molar refractivity (Wildman–Crippen MR) is 281 cm³/mol. The van der Waals surface area contributed by atoms with E-state index in [1.165, 1.54) is 75.9 Å². The second kappa shape index (κ2) is 29.3. The molecular formula is C52H93N11O11. The molecule has 1 heterocycles. The first kappa shape index (κ1) is 66.2. The number of urea groups is 2. The highest BCUT2D eigenvalue weighted by molar-refractivity contribution is 6.03. The van der Waals surface area contributed by atoms with Crippen molar-refractivity contribution in [1.29, 1.82) is 0 Å². The van der Waals surface area contributed by atoms with E-state index in [4.69, 9.17) is 0 Å². The number of carbonyl (C=O) groups is 11. The topological polar surface area (TPSA) is 259 Å². The first-order chi connectivity index (χ1) is 34.0. The molecule has 0 aromatic heterocycles. The Morgan fingerprint density at radius 3 is 1.31 bits per heavy atom. The number of likely N-dealkylation sites (N-methyl/N-ethyl adjacent to an activating group) is 7. The molecule has 1 aliphatic heterocycles. The van der Waals surface area contributed by atoms with Crippen molar-refractivity contribution in [2.45, 2.75) is 177 Å². The molecule has 1 saturated heterocycles. The third-order valence-electron chi connectivity index (χ3n) is 13.5. The van der Waals surface area contributed by atoms with E-state index in [0.717, 1.165) is 14.7 Å². The van der Waals surface area contributed by atoms with Gasteiger partial charge in [-0.25, -0.2) is 9.59 Å². The van der Waals surface area contributed by atoms with E-state index in [9.17, 15) is 52.7 Å². The van der Waals surface area contributed by atoms with E-state index < -0.39 is 132 Å². The van der Waals surface area contributed by atoms with Crippen LogP contribution in [0.1, 0.15) is 129 Å². The predicted octanol–water partition coefficient (Wildman–Crippen LogP) is 2.74. The fourth-order valence-corrected chi connectivity index (χ4v) is 8.85. The summed E-state index contributed by atoms with van der Waals surface area (Å²) in [6.07, 6.45) is 0.655. The Kier molecular flexibility index (Phi) is 26.2. The van der Waals surface area contributed by atoms with Gasteiger partial charge in [0.25, 0.3) is 5.91 Å². The SMILES string of the molecule is CCC1NC(=O)N(C)C(=O)C(C(C)C)N(C)C(=O)C(CC(C)C)N(C)C(=O)C(CC(C)C)N(C)C(=O)NC(=O)C(C)NC(=O)C(CC(C)C)N(C)C(=O)C(C(C)C)NC(=O)C(CC(C)C)N(C)C(=O)CN(C)C1=O. The molecule has 22 nitrogen and oxygen atoms in total. The maximum Gasteiger partial charge on any atom is 0.324 e. The van der Waals surface area contributed by atoms with Gasteiger partial charge in [-0.1, -0.05) is 90.0 Å². The lowest BCUT2D eigenvalue weighted by molar-refractivity contribution is -0.152. The fourth-order valence-electron chi connectivity index (χ4n) is 8.85. The molecule has 0 aromatic carbocycles. The molecule has 13 amide bonds. The Bertz CT molecular complexity index is 2010. The lowest BCUT2D eigenvalue weighted by Gasteiger charge is -2.39. The Labute approximate surface area is 441 Å². The Balaban J connectivity index is 4.08. The van der Waals surface area contributed by atoms with Crippen LogP contribution in [-0.2, 0) is 43.2 Å². The molecule has 0 spiro atoms. The van der Waals surface area contributed by atoms with Crippen molar-refractivity contribution in [2.75, 3.05) is 55.9 Å². The minimum Gasteiger partial charge on any atom is -0.343 e. The van der Waals surface area contributed by atoms with E-state index in [2.05, 4.69) is 21.3 Å². The summed E-state index contributed by atoms with van der Waals surface area (Å²) in [5.41, 5.74) is 0. The number of imide groups is 2. The number of nitrogens with zero attached hydrogens (tertiary/aromatic N) is 7. The molecule has 74 heavy (non-hydrogen) atoms. The maximum atomic E-state index is 14.7. The van der Waals surface area contributed by atoms with Gasteiger partial charge < -0.3 is 45.3 Å². The van der Waals surface area contributed by atoms with Crippen LogP contribution in [0.15, 0.2) is 0 Å². The molecule has 0 saturated carbocycles. The van der Waals surface area contributed by atoms with Crippen LogP contribution in [-0.4, -0.2) is 204 Å². The normalized spacial score (nSPS) is 25.8. The Morgan fingerprint density at radius 2 is 0.865 bits per heavy atom. The van der Waals surface area contributed by atoms with E-state index in [-0.39, 0.29) is 55.8 Å². The summed E-state index contributed by atoms with van der Waals surface area (Å²) in [6.45, 7) is 24.1. The van der Waals surface area contributed by atoms with Gasteiger partial charge in [0.1, 0.15) is 48.3 Å². The quantitative estimate of drug-likeness (QED) is 0.234. The van der Waals surface area contributed by atoms with Crippen LogP contribution in [0.2, 0.25) is 0 Å². The zero-order valence-corrected chi connectivity index (χ0v) is 48.4. The summed E-state index contributed by atoms with van der Waals surface area (Å²) >= 11 is 0. The van der Waals surface area contributed by atoms with Gasteiger partial charge in [-0.15, -0.1) is 0 Å². The van der Waals surface area contributed by atoms with Crippen molar-refractivity contribution in [1.82, 2.24) is 55.6 Å². The molecule has 0 aromatic rings. The molecule has 422 valence electrons. The molecular weight excluding hydrogens is 955 g/mol. The zero-order chi connectivity index (χ0) is 57.5. The number of carbonyl (C=O) groups excluding carboxylic acids is 11. The van der Waals surface area contributed by atoms with E-state index in [0.29, 0.717) is 0 Å². The van der Waals surface area contributed by atoms with Crippen molar-refractivity contribution in [3.63, 3.8) is 0 Å². The van der Waals surface area contributed by atoms with E-state index in [1.54, 1.807) is 34.6 Å². The fraction of sp³-hybridized carbons (Fsp3) is 0.788. The largest absolute Gasteiger partial charge is 0.343 e. The zero-order valence-electron chi connectivity index (χ0n) is 48.4. The average molecular weight is 1050 g/mol. The van der Waals surface area contributed by atoms with Gasteiger partial charge >= 0.3 is 12.1 Å². The molecule has 4 N–H and O–H groups in total. The van der Waals surface area contributed by atoms with Gasteiger partial charge in [-0.2, -0.15) is 0 Å². The van der Waals surface area contributed by atoms with E-state index >= 15 is 0 Å². The summed E-state index contributed by atoms with van der Waals surface area (Å²) in [4.78, 5) is 164. The van der Waals surface area contributed by atoms with E-state index in [1.807, 2.05) is 55.4 Å². The first-order valence-corrected chi connectivity index (χ1v) is 26.1. The third kappa shape index (κ3) is 18.2.